The smallest absolute Gasteiger partial charge is 0.409 e. The molecule has 1 atom stereocenters. The van der Waals surface area contributed by atoms with Gasteiger partial charge in [0.25, 0.3) is 5.56 Å². The third kappa shape index (κ3) is 7.15. The Balaban J connectivity index is 1.40. The first-order valence-electron chi connectivity index (χ1n) is 17.8. The monoisotopic (exact) mass is 717 g/mol. The number of ether oxygens (including phenoxy) is 2. The van der Waals surface area contributed by atoms with E-state index in [1.165, 1.54) is 11.9 Å². The highest BCUT2D eigenvalue weighted by molar-refractivity contribution is 5.97. The molecule has 1 aliphatic heterocycles. The van der Waals surface area contributed by atoms with Crippen LogP contribution in [0, 0.1) is 18.3 Å². The number of rotatable bonds is 11. The maximum atomic E-state index is 13.6. The molecule has 1 unspecified atom stereocenters. The molecule has 1 saturated carbocycles. The van der Waals surface area contributed by atoms with Gasteiger partial charge in [-0.25, -0.2) is 19.6 Å². The van der Waals surface area contributed by atoms with E-state index in [4.69, 9.17) is 25.9 Å². The van der Waals surface area contributed by atoms with Crippen LogP contribution >= 0.6 is 0 Å². The lowest BCUT2D eigenvalue weighted by Gasteiger charge is -2.36. The summed E-state index contributed by atoms with van der Waals surface area (Å²) in [7, 11) is 4.75. The second-order valence-electron chi connectivity index (χ2n) is 13.9. The molecule has 2 amide bonds. The Morgan fingerprint density at radius 1 is 1.02 bits per heavy atom. The van der Waals surface area contributed by atoms with Crippen LogP contribution in [-0.4, -0.2) is 99.6 Å². The second kappa shape index (κ2) is 14.6. The number of nitrogens with one attached hydrogen (secondary N) is 1. The van der Waals surface area contributed by atoms with Crippen molar-refractivity contribution in [3.8, 4) is 23.5 Å². The number of carboxylic acid groups (broad SMARTS) is 1. The van der Waals surface area contributed by atoms with Crippen molar-refractivity contribution in [3.05, 3.63) is 88.6 Å². The number of likely N-dealkylation sites (N-methyl/N-ethyl adjacent to an activating group) is 2. The Bertz CT molecular complexity index is 2250. The molecule has 7 rings (SSSR count). The Labute approximate surface area is 307 Å². The third-order valence-corrected chi connectivity index (χ3v) is 10.2. The first kappa shape index (κ1) is 35.5. The number of aromatic nitrogens is 4. The minimum atomic E-state index is -1.35. The van der Waals surface area contributed by atoms with E-state index >= 15 is 0 Å². The average molecular weight is 718 g/mol. The number of hydrogen-bond donors (Lipinski definition) is 2. The first-order valence-corrected chi connectivity index (χ1v) is 17.8. The quantitative estimate of drug-likeness (QED) is 0.171. The minimum Gasteiger partial charge on any atom is -0.465 e. The van der Waals surface area contributed by atoms with Gasteiger partial charge in [-0.3, -0.25) is 4.79 Å². The number of terminal acetylenes is 1. The Hall–Kier alpha value is -5.87. The van der Waals surface area contributed by atoms with Gasteiger partial charge in [0.15, 0.2) is 5.60 Å². The summed E-state index contributed by atoms with van der Waals surface area (Å²) in [6, 6.07) is 17.5. The zero-order valence-corrected chi connectivity index (χ0v) is 30.1. The third-order valence-electron chi connectivity index (χ3n) is 10.2. The van der Waals surface area contributed by atoms with Crippen molar-refractivity contribution < 1.29 is 24.2 Å². The fourth-order valence-corrected chi connectivity index (χ4v) is 6.86. The van der Waals surface area contributed by atoms with Crippen LogP contribution in [0.1, 0.15) is 36.9 Å². The zero-order chi connectivity index (χ0) is 37.3. The molecular formula is C40H43N7O6. The molecule has 1 saturated heterocycles. The molecule has 13 nitrogen and oxygen atoms in total. The largest absolute Gasteiger partial charge is 0.465 e. The summed E-state index contributed by atoms with van der Waals surface area (Å²) in [6.45, 7) is 1.42. The zero-order valence-electron chi connectivity index (χ0n) is 30.1. The molecule has 0 radical (unpaired) electrons. The molecule has 1 aliphatic carbocycles. The highest BCUT2D eigenvalue weighted by Crippen LogP contribution is 2.44. The summed E-state index contributed by atoms with van der Waals surface area (Å²) in [5.74, 6) is 3.61. The van der Waals surface area contributed by atoms with E-state index < -0.39 is 17.8 Å². The van der Waals surface area contributed by atoms with Crippen molar-refractivity contribution in [2.45, 2.75) is 37.4 Å². The fourth-order valence-electron chi connectivity index (χ4n) is 6.86. The van der Waals surface area contributed by atoms with Crippen molar-refractivity contribution >= 4 is 39.9 Å². The number of piperidine rings is 1. The summed E-state index contributed by atoms with van der Waals surface area (Å²) >= 11 is 0. The molecule has 13 heteroatoms. The van der Waals surface area contributed by atoms with E-state index in [0.29, 0.717) is 41.2 Å². The molecule has 2 N–H and O–H groups in total. The molecule has 4 heterocycles. The summed E-state index contributed by atoms with van der Waals surface area (Å²) in [5.41, 5.74) is 2.71. The van der Waals surface area contributed by atoms with Crippen molar-refractivity contribution in [2.75, 3.05) is 51.8 Å². The lowest BCUT2D eigenvalue weighted by molar-refractivity contribution is -0.0735. The van der Waals surface area contributed by atoms with Gasteiger partial charge in [0.1, 0.15) is 12.1 Å². The van der Waals surface area contributed by atoms with Gasteiger partial charge >= 0.3 is 12.2 Å². The van der Waals surface area contributed by atoms with Crippen LogP contribution in [0.2, 0.25) is 0 Å². The number of nitrogens with zero attached hydrogens (tertiary/aromatic N) is 6. The second-order valence-corrected chi connectivity index (χ2v) is 13.9. The number of pyridine rings is 1. The molecule has 2 fully saturated rings. The number of anilines is 1. The molecule has 2 aromatic carbocycles. The number of H-pyrrole nitrogens is 1. The number of aromatic amines is 1. The van der Waals surface area contributed by atoms with E-state index in [0.717, 1.165) is 52.7 Å². The van der Waals surface area contributed by atoms with Crippen molar-refractivity contribution in [1.82, 2.24) is 29.3 Å². The Morgan fingerprint density at radius 2 is 1.75 bits per heavy atom. The summed E-state index contributed by atoms with van der Waals surface area (Å²) in [4.78, 5) is 56.0. The molecule has 274 valence electrons. The van der Waals surface area contributed by atoms with E-state index in [9.17, 15) is 19.5 Å². The van der Waals surface area contributed by atoms with Crippen molar-refractivity contribution in [3.63, 3.8) is 0 Å². The number of hydrogen-bond acceptors (Lipinski definition) is 8. The number of fused-ring (bicyclic) bond motifs is 2. The SMILES string of the molecule is C#CC1CCN(c2nc(C(COC(=O)N(C)CCN(C)C(=O)O)(OC3CC3)c3ccccc3)c3cc(-c4cn(C)c(=O)c5[nH]ccc45)ccc3n2)CC1. The predicted molar refractivity (Wildman–Crippen MR) is 202 cm³/mol. The van der Waals surface area contributed by atoms with Crippen LogP contribution in [0.5, 0.6) is 0 Å². The number of amides is 2. The number of carbonyl (C=O) groups is 2. The normalized spacial score (nSPS) is 15.9. The van der Waals surface area contributed by atoms with Gasteiger partial charge in [0.05, 0.1) is 17.3 Å². The van der Waals surface area contributed by atoms with E-state index in [2.05, 4.69) is 15.8 Å². The Kier molecular flexibility index (Phi) is 9.81. The summed E-state index contributed by atoms with van der Waals surface area (Å²) < 4.78 is 14.7. The highest BCUT2D eigenvalue weighted by Gasteiger charge is 2.45. The molecule has 0 spiro atoms. The van der Waals surface area contributed by atoms with Crippen LogP contribution < -0.4 is 10.5 Å². The Morgan fingerprint density at radius 3 is 2.45 bits per heavy atom. The van der Waals surface area contributed by atoms with Gasteiger partial charge in [0.2, 0.25) is 5.95 Å². The maximum absolute atomic E-state index is 13.6. The van der Waals surface area contributed by atoms with Gasteiger partial charge in [0, 0.05) is 82.0 Å². The topological polar surface area (TPSA) is 146 Å². The molecular weight excluding hydrogens is 674 g/mol. The fraction of sp³-hybridized carbons (Fsp3) is 0.375. The van der Waals surface area contributed by atoms with Crippen LogP contribution in [0.3, 0.4) is 0 Å². The number of benzene rings is 2. The van der Waals surface area contributed by atoms with E-state index in [1.807, 2.05) is 60.8 Å². The molecule has 53 heavy (non-hydrogen) atoms. The summed E-state index contributed by atoms with van der Waals surface area (Å²) in [5, 5.41) is 10.8. The average Bonchev–Trinajstić information content (AvgIpc) is 3.86. The lowest BCUT2D eigenvalue weighted by atomic mass is 9.87. The molecule has 2 aliphatic rings. The van der Waals surface area contributed by atoms with Crippen molar-refractivity contribution in [2.24, 2.45) is 13.0 Å². The first-order chi connectivity index (χ1) is 25.6. The van der Waals surface area contributed by atoms with Gasteiger partial charge in [-0.1, -0.05) is 36.4 Å². The minimum absolute atomic E-state index is 0.0954. The number of aryl methyl sites for hydroxylation is 1. The van der Waals surface area contributed by atoms with Gasteiger partial charge in [-0.15, -0.1) is 12.3 Å². The lowest BCUT2D eigenvalue weighted by Crippen LogP contribution is -2.43. The van der Waals surface area contributed by atoms with Crippen LogP contribution in [0.25, 0.3) is 32.9 Å². The molecule has 3 aromatic heterocycles. The van der Waals surface area contributed by atoms with Crippen LogP contribution in [0.15, 0.2) is 71.8 Å². The van der Waals surface area contributed by atoms with E-state index in [1.54, 1.807) is 24.9 Å². The summed E-state index contributed by atoms with van der Waals surface area (Å²) in [6.07, 6.45) is 10.9. The van der Waals surface area contributed by atoms with Gasteiger partial charge in [-0.2, -0.15) is 0 Å². The van der Waals surface area contributed by atoms with Crippen LogP contribution in [-0.2, 0) is 22.1 Å². The predicted octanol–water partition coefficient (Wildman–Crippen LogP) is 5.43. The maximum Gasteiger partial charge on any atom is 0.409 e. The molecule has 5 aromatic rings. The van der Waals surface area contributed by atoms with E-state index in [-0.39, 0.29) is 37.3 Å². The van der Waals surface area contributed by atoms with Gasteiger partial charge < -0.3 is 38.8 Å². The van der Waals surface area contributed by atoms with Crippen molar-refractivity contribution in [1.29, 1.82) is 0 Å². The number of carbonyl (C=O) groups excluding carboxylic acids is 1. The van der Waals surface area contributed by atoms with Crippen LogP contribution in [0.4, 0.5) is 15.5 Å². The molecule has 0 bridgehead atoms. The highest BCUT2D eigenvalue weighted by atomic mass is 16.6. The van der Waals surface area contributed by atoms with Gasteiger partial charge in [-0.05, 0) is 55.0 Å². The standard InChI is InChI=1S/C40H43N7O6/c1-5-26-16-19-47(20-17-26)37-42-33-14-11-27(32-24-46(4)36(48)34-30(32)15-18-41-34)23-31(33)35(43-37)40(53-29-12-13-29,28-9-7-6-8-10-28)25-52-39(51)45(3)22-21-44(2)38(49)50/h1,6-11,14-15,18,23-24,26,29,41H,12-13,16-17,19-22,25H2,2-4H3,(H,49,50).